The maximum atomic E-state index is 3.50. The predicted octanol–water partition coefficient (Wildman–Crippen LogP) is 3.29. The number of benzene rings is 1. The molecule has 15 heavy (non-hydrogen) atoms. The molecule has 2 rings (SSSR count). The van der Waals surface area contributed by atoms with Gasteiger partial charge in [0.25, 0.3) is 0 Å². The average molecular weight is 286 g/mol. The second kappa shape index (κ2) is 5.92. The van der Waals surface area contributed by atoms with Crippen molar-refractivity contribution in [3.05, 3.63) is 34.3 Å². The van der Waals surface area contributed by atoms with E-state index < -0.39 is 0 Å². The minimum Gasteiger partial charge on any atom is -0.316 e. The summed E-state index contributed by atoms with van der Waals surface area (Å²) < 4.78 is 1.18. The van der Waals surface area contributed by atoms with Crippen LogP contribution in [0.15, 0.2) is 28.7 Å². The Morgan fingerprint density at radius 3 is 3.13 bits per heavy atom. The van der Waals surface area contributed by atoms with Gasteiger partial charge in [-0.05, 0) is 48.9 Å². The van der Waals surface area contributed by atoms with Crippen molar-refractivity contribution in [2.75, 3.05) is 18.8 Å². The molecule has 1 aliphatic rings. The van der Waals surface area contributed by atoms with Gasteiger partial charge in [0, 0.05) is 10.2 Å². The minimum absolute atomic E-state index is 0.891. The summed E-state index contributed by atoms with van der Waals surface area (Å²) in [5.41, 5.74) is 1.42. The smallest absolute Gasteiger partial charge is 0.0185 e. The number of hydrogen-bond donors (Lipinski definition) is 1. The summed E-state index contributed by atoms with van der Waals surface area (Å²) in [6, 6.07) is 8.59. The van der Waals surface area contributed by atoms with Crippen molar-refractivity contribution in [1.82, 2.24) is 5.32 Å². The van der Waals surface area contributed by atoms with E-state index >= 15 is 0 Å². The zero-order valence-corrected chi connectivity index (χ0v) is 11.1. The quantitative estimate of drug-likeness (QED) is 0.911. The van der Waals surface area contributed by atoms with E-state index in [1.54, 1.807) is 0 Å². The van der Waals surface area contributed by atoms with Crippen LogP contribution in [0.4, 0.5) is 0 Å². The maximum absolute atomic E-state index is 3.50. The highest BCUT2D eigenvalue weighted by Crippen LogP contribution is 2.20. The van der Waals surface area contributed by atoms with Crippen LogP contribution in [0.25, 0.3) is 0 Å². The zero-order valence-electron chi connectivity index (χ0n) is 8.71. The molecule has 1 heterocycles. The largest absolute Gasteiger partial charge is 0.316 e. The molecule has 0 saturated carbocycles. The van der Waals surface area contributed by atoms with Crippen molar-refractivity contribution >= 4 is 27.7 Å². The molecular weight excluding hydrogens is 270 g/mol. The molecule has 1 aromatic carbocycles. The van der Waals surface area contributed by atoms with E-state index in [1.807, 2.05) is 0 Å². The fourth-order valence-corrected chi connectivity index (χ4v) is 3.42. The molecule has 1 fully saturated rings. The van der Waals surface area contributed by atoms with Gasteiger partial charge in [0.15, 0.2) is 0 Å². The van der Waals surface area contributed by atoms with Crippen molar-refractivity contribution < 1.29 is 0 Å². The van der Waals surface area contributed by atoms with Gasteiger partial charge in [-0.3, -0.25) is 0 Å². The standard InChI is InChI=1S/C12H16BrNS/c13-12-3-1-2-10(6-12)8-15-9-11-4-5-14-7-11/h1-3,6,11,14H,4-5,7-9H2. The zero-order chi connectivity index (χ0) is 10.5. The van der Waals surface area contributed by atoms with Crippen LogP contribution in [0.5, 0.6) is 0 Å². The minimum atomic E-state index is 0.891. The first-order chi connectivity index (χ1) is 7.34. The Morgan fingerprint density at radius 2 is 2.40 bits per heavy atom. The Hall–Kier alpha value is 0.01000. The first-order valence-electron chi connectivity index (χ1n) is 5.37. The molecule has 3 heteroatoms. The lowest BCUT2D eigenvalue weighted by atomic mass is 10.2. The summed E-state index contributed by atoms with van der Waals surface area (Å²) >= 11 is 5.55. The van der Waals surface area contributed by atoms with Crippen molar-refractivity contribution in [3.63, 3.8) is 0 Å². The Balaban J connectivity index is 1.73. The summed E-state index contributed by atoms with van der Waals surface area (Å²) in [6.07, 6.45) is 1.35. The lowest BCUT2D eigenvalue weighted by molar-refractivity contribution is 0.662. The topological polar surface area (TPSA) is 12.0 Å². The lowest BCUT2D eigenvalue weighted by Gasteiger charge is -2.07. The van der Waals surface area contributed by atoms with Gasteiger partial charge < -0.3 is 5.32 Å². The molecular formula is C12H16BrNS. The van der Waals surface area contributed by atoms with Crippen molar-refractivity contribution in [2.45, 2.75) is 12.2 Å². The molecule has 0 radical (unpaired) electrons. The normalized spacial score (nSPS) is 20.7. The van der Waals surface area contributed by atoms with E-state index in [2.05, 4.69) is 57.3 Å². The van der Waals surface area contributed by atoms with Gasteiger partial charge in [-0.2, -0.15) is 11.8 Å². The molecule has 1 N–H and O–H groups in total. The van der Waals surface area contributed by atoms with Gasteiger partial charge in [0.2, 0.25) is 0 Å². The molecule has 0 bridgehead atoms. The molecule has 1 saturated heterocycles. The number of halogens is 1. The Morgan fingerprint density at radius 1 is 1.47 bits per heavy atom. The van der Waals surface area contributed by atoms with E-state index in [9.17, 15) is 0 Å². The van der Waals surface area contributed by atoms with Gasteiger partial charge in [-0.1, -0.05) is 28.1 Å². The van der Waals surface area contributed by atoms with Crippen LogP contribution in [0, 0.1) is 5.92 Å². The molecule has 1 aliphatic heterocycles. The van der Waals surface area contributed by atoms with Gasteiger partial charge in [-0.15, -0.1) is 0 Å². The van der Waals surface area contributed by atoms with Crippen LogP contribution >= 0.6 is 27.7 Å². The molecule has 0 aromatic heterocycles. The van der Waals surface area contributed by atoms with Crippen LogP contribution < -0.4 is 5.32 Å². The van der Waals surface area contributed by atoms with Crippen LogP contribution in [0.3, 0.4) is 0 Å². The van der Waals surface area contributed by atoms with E-state index in [0.717, 1.165) is 11.7 Å². The Kier molecular flexibility index (Phi) is 4.54. The van der Waals surface area contributed by atoms with Gasteiger partial charge in [0.1, 0.15) is 0 Å². The molecule has 82 valence electrons. The highest BCUT2D eigenvalue weighted by molar-refractivity contribution is 9.10. The fraction of sp³-hybridized carbons (Fsp3) is 0.500. The molecule has 0 aliphatic carbocycles. The summed E-state index contributed by atoms with van der Waals surface area (Å²) in [6.45, 7) is 2.42. The third kappa shape index (κ3) is 3.82. The second-order valence-electron chi connectivity index (χ2n) is 4.00. The third-order valence-corrected chi connectivity index (χ3v) is 4.41. The number of hydrogen-bond acceptors (Lipinski definition) is 2. The fourth-order valence-electron chi connectivity index (χ4n) is 1.83. The van der Waals surface area contributed by atoms with E-state index in [0.29, 0.717) is 0 Å². The number of thioether (sulfide) groups is 1. The summed E-state index contributed by atoms with van der Waals surface area (Å²) in [5.74, 6) is 3.32. The first-order valence-corrected chi connectivity index (χ1v) is 7.32. The van der Waals surface area contributed by atoms with E-state index in [1.165, 1.54) is 35.3 Å². The summed E-state index contributed by atoms with van der Waals surface area (Å²) in [7, 11) is 0. The number of nitrogens with one attached hydrogen (secondary N) is 1. The Bertz CT molecular complexity index is 310. The highest BCUT2D eigenvalue weighted by Gasteiger charge is 2.13. The molecule has 0 spiro atoms. The van der Waals surface area contributed by atoms with Crippen molar-refractivity contribution in [1.29, 1.82) is 0 Å². The van der Waals surface area contributed by atoms with Crippen LogP contribution in [0.2, 0.25) is 0 Å². The van der Waals surface area contributed by atoms with Crippen LogP contribution in [0.1, 0.15) is 12.0 Å². The second-order valence-corrected chi connectivity index (χ2v) is 5.95. The summed E-state index contributed by atoms with van der Waals surface area (Å²) in [5, 5.41) is 3.41. The highest BCUT2D eigenvalue weighted by atomic mass is 79.9. The van der Waals surface area contributed by atoms with Crippen molar-refractivity contribution in [2.24, 2.45) is 5.92 Å². The Labute approximate surface area is 104 Å². The van der Waals surface area contributed by atoms with Crippen molar-refractivity contribution in [3.8, 4) is 0 Å². The average Bonchev–Trinajstić information content (AvgIpc) is 2.71. The molecule has 1 unspecified atom stereocenters. The third-order valence-electron chi connectivity index (χ3n) is 2.67. The van der Waals surface area contributed by atoms with Crippen LogP contribution in [-0.4, -0.2) is 18.8 Å². The van der Waals surface area contributed by atoms with E-state index in [-0.39, 0.29) is 0 Å². The monoisotopic (exact) mass is 285 g/mol. The predicted molar refractivity (Wildman–Crippen MR) is 71.3 cm³/mol. The number of rotatable bonds is 4. The van der Waals surface area contributed by atoms with Gasteiger partial charge in [0.05, 0.1) is 0 Å². The SMILES string of the molecule is Brc1cccc(CSCC2CCNC2)c1. The molecule has 1 aromatic rings. The first kappa shape index (κ1) is 11.5. The molecule has 1 nitrogen and oxygen atoms in total. The maximum Gasteiger partial charge on any atom is 0.0185 e. The molecule has 1 atom stereocenters. The molecule has 0 amide bonds. The lowest BCUT2D eigenvalue weighted by Crippen LogP contribution is -2.10. The van der Waals surface area contributed by atoms with E-state index in [4.69, 9.17) is 0 Å². The summed E-state index contributed by atoms with van der Waals surface area (Å²) in [4.78, 5) is 0. The van der Waals surface area contributed by atoms with Gasteiger partial charge in [-0.25, -0.2) is 0 Å². The van der Waals surface area contributed by atoms with Gasteiger partial charge >= 0.3 is 0 Å². The van der Waals surface area contributed by atoms with Crippen LogP contribution in [-0.2, 0) is 5.75 Å².